The van der Waals surface area contributed by atoms with Gasteiger partial charge in [0.1, 0.15) is 5.82 Å². The van der Waals surface area contributed by atoms with Gasteiger partial charge in [-0.15, -0.1) is 0 Å². The monoisotopic (exact) mass is 236 g/mol. The van der Waals surface area contributed by atoms with Crippen molar-refractivity contribution in [1.82, 2.24) is 4.98 Å². The Balaban J connectivity index is 2.30. The van der Waals surface area contributed by atoms with Crippen LogP contribution in [0, 0.1) is 5.82 Å². The van der Waals surface area contributed by atoms with Crippen molar-refractivity contribution >= 4 is 17.3 Å². The third-order valence-electron chi connectivity index (χ3n) is 2.27. The second-order valence-electron chi connectivity index (χ2n) is 3.46. The molecule has 16 heavy (non-hydrogen) atoms. The number of hydrogen-bond acceptors (Lipinski definition) is 2. The number of aromatic nitrogens is 1. The normalized spacial score (nSPS) is 10.4. The highest BCUT2D eigenvalue weighted by atomic mass is 35.5. The van der Waals surface area contributed by atoms with Crippen LogP contribution in [0.5, 0.6) is 0 Å². The first kappa shape index (κ1) is 10.9. The molecule has 1 aromatic carbocycles. The van der Waals surface area contributed by atoms with Gasteiger partial charge in [-0.25, -0.2) is 4.39 Å². The molecule has 0 saturated heterocycles. The minimum Gasteiger partial charge on any atom is -0.397 e. The highest BCUT2D eigenvalue weighted by Gasteiger charge is 2.08. The van der Waals surface area contributed by atoms with Crippen LogP contribution in [0.4, 0.5) is 10.1 Å². The molecular formula is C12H10ClFN2. The summed E-state index contributed by atoms with van der Waals surface area (Å²) in [5, 5.41) is 0.415. The van der Waals surface area contributed by atoms with Gasteiger partial charge in [-0.1, -0.05) is 17.7 Å². The first-order valence-electron chi connectivity index (χ1n) is 4.80. The van der Waals surface area contributed by atoms with Crippen LogP contribution >= 0.6 is 11.6 Å². The summed E-state index contributed by atoms with van der Waals surface area (Å²) in [6.07, 6.45) is 1.91. The van der Waals surface area contributed by atoms with Crippen LogP contribution in [-0.4, -0.2) is 4.98 Å². The molecule has 0 aliphatic heterocycles. The van der Waals surface area contributed by atoms with E-state index in [0.717, 1.165) is 5.69 Å². The summed E-state index contributed by atoms with van der Waals surface area (Å²) in [4.78, 5) is 4.11. The minimum absolute atomic E-state index is 0.314. The first-order valence-corrected chi connectivity index (χ1v) is 5.18. The molecule has 0 amide bonds. The summed E-state index contributed by atoms with van der Waals surface area (Å²) in [7, 11) is 0. The van der Waals surface area contributed by atoms with E-state index in [4.69, 9.17) is 17.3 Å². The lowest BCUT2D eigenvalue weighted by molar-refractivity contribution is 0.613. The van der Waals surface area contributed by atoms with Gasteiger partial charge in [0.2, 0.25) is 0 Å². The van der Waals surface area contributed by atoms with Gasteiger partial charge in [0.25, 0.3) is 0 Å². The molecule has 0 aliphatic rings. The van der Waals surface area contributed by atoms with Crippen LogP contribution in [0.2, 0.25) is 5.02 Å². The van der Waals surface area contributed by atoms with E-state index in [1.807, 2.05) is 0 Å². The zero-order valence-corrected chi connectivity index (χ0v) is 9.21. The molecule has 0 saturated carbocycles. The predicted octanol–water partition coefficient (Wildman–Crippen LogP) is 3.05. The first-order chi connectivity index (χ1) is 7.66. The number of nitrogens with two attached hydrogens (primary N) is 1. The Morgan fingerprint density at radius 3 is 2.69 bits per heavy atom. The van der Waals surface area contributed by atoms with Crippen molar-refractivity contribution < 1.29 is 4.39 Å². The molecule has 0 fully saturated rings. The van der Waals surface area contributed by atoms with Crippen molar-refractivity contribution in [3.8, 4) is 0 Å². The number of rotatable bonds is 2. The lowest BCUT2D eigenvalue weighted by Gasteiger charge is -2.05. The van der Waals surface area contributed by atoms with E-state index < -0.39 is 0 Å². The molecular weight excluding hydrogens is 227 g/mol. The minimum atomic E-state index is -0.314. The molecule has 0 radical (unpaired) electrons. The summed E-state index contributed by atoms with van der Waals surface area (Å²) in [6.45, 7) is 0. The molecule has 0 aliphatic carbocycles. The number of pyridine rings is 1. The molecule has 0 atom stereocenters. The number of anilines is 1. The Kier molecular flexibility index (Phi) is 3.06. The third-order valence-corrected chi connectivity index (χ3v) is 2.62. The van der Waals surface area contributed by atoms with E-state index >= 15 is 0 Å². The molecule has 2 aromatic rings. The van der Waals surface area contributed by atoms with Crippen molar-refractivity contribution in [2.24, 2.45) is 0 Å². The lowest BCUT2D eigenvalue weighted by atomic mass is 10.1. The van der Waals surface area contributed by atoms with Gasteiger partial charge in [-0.2, -0.15) is 0 Å². The maximum atomic E-state index is 13.5. The topological polar surface area (TPSA) is 38.9 Å². The maximum Gasteiger partial charge on any atom is 0.128 e. The largest absolute Gasteiger partial charge is 0.397 e. The Hall–Kier alpha value is -1.61. The van der Waals surface area contributed by atoms with E-state index in [0.29, 0.717) is 22.7 Å². The van der Waals surface area contributed by atoms with Gasteiger partial charge in [-0.05, 0) is 24.3 Å². The zero-order chi connectivity index (χ0) is 11.5. The molecule has 1 heterocycles. The molecule has 2 rings (SSSR count). The number of nitrogens with zero attached hydrogens (tertiary/aromatic N) is 1. The van der Waals surface area contributed by atoms with Crippen LogP contribution in [-0.2, 0) is 6.42 Å². The van der Waals surface area contributed by atoms with Crippen LogP contribution in [0.15, 0.2) is 36.5 Å². The SMILES string of the molecule is Nc1ccc(Cc2c(F)cccc2Cl)nc1. The van der Waals surface area contributed by atoms with Gasteiger partial charge in [-0.3, -0.25) is 4.98 Å². The Bertz CT molecular complexity index is 477. The maximum absolute atomic E-state index is 13.5. The van der Waals surface area contributed by atoms with Gasteiger partial charge < -0.3 is 5.73 Å². The van der Waals surface area contributed by atoms with Crippen LogP contribution in [0.3, 0.4) is 0 Å². The van der Waals surface area contributed by atoms with Crippen LogP contribution in [0.1, 0.15) is 11.3 Å². The lowest BCUT2D eigenvalue weighted by Crippen LogP contribution is -1.97. The van der Waals surface area contributed by atoms with Gasteiger partial charge in [0.05, 0.1) is 11.9 Å². The van der Waals surface area contributed by atoms with Crippen molar-refractivity contribution in [2.45, 2.75) is 6.42 Å². The molecule has 0 bridgehead atoms. The van der Waals surface area contributed by atoms with Crippen molar-refractivity contribution in [2.75, 3.05) is 5.73 Å². The van der Waals surface area contributed by atoms with Crippen molar-refractivity contribution in [3.63, 3.8) is 0 Å². The quantitative estimate of drug-likeness (QED) is 0.871. The standard InChI is InChI=1S/C12H10ClFN2/c13-11-2-1-3-12(14)10(11)6-9-5-4-8(15)7-16-9/h1-5,7H,6,15H2. The van der Waals surface area contributed by atoms with E-state index in [9.17, 15) is 4.39 Å². The summed E-state index contributed by atoms with van der Waals surface area (Å²) in [5.41, 5.74) is 7.30. The Labute approximate surface area is 97.9 Å². The highest BCUT2D eigenvalue weighted by molar-refractivity contribution is 6.31. The average Bonchev–Trinajstić information content (AvgIpc) is 2.26. The van der Waals surface area contributed by atoms with E-state index in [-0.39, 0.29) is 5.82 Å². The number of benzene rings is 1. The molecule has 2 nitrogen and oxygen atoms in total. The fourth-order valence-corrected chi connectivity index (χ4v) is 1.65. The average molecular weight is 237 g/mol. The Morgan fingerprint density at radius 1 is 1.25 bits per heavy atom. The van der Waals surface area contributed by atoms with Gasteiger partial charge in [0.15, 0.2) is 0 Å². The summed E-state index contributed by atoms with van der Waals surface area (Å²) < 4.78 is 13.5. The van der Waals surface area contributed by atoms with Gasteiger partial charge in [0, 0.05) is 22.7 Å². The third kappa shape index (κ3) is 2.31. The second kappa shape index (κ2) is 4.49. The molecule has 1 aromatic heterocycles. The van der Waals surface area contributed by atoms with Crippen LogP contribution < -0.4 is 5.73 Å². The smallest absolute Gasteiger partial charge is 0.128 e. The van der Waals surface area contributed by atoms with E-state index in [1.54, 1.807) is 30.5 Å². The number of halogens is 2. The van der Waals surface area contributed by atoms with Crippen LogP contribution in [0.25, 0.3) is 0 Å². The summed E-state index contributed by atoms with van der Waals surface area (Å²) in [5.74, 6) is -0.314. The molecule has 4 heteroatoms. The number of nitrogen functional groups attached to an aromatic ring is 1. The fourth-order valence-electron chi connectivity index (χ4n) is 1.42. The summed E-state index contributed by atoms with van der Waals surface area (Å²) in [6, 6.07) is 8.13. The second-order valence-corrected chi connectivity index (χ2v) is 3.87. The number of hydrogen-bond donors (Lipinski definition) is 1. The van der Waals surface area contributed by atoms with Crippen molar-refractivity contribution in [3.05, 3.63) is 58.6 Å². The van der Waals surface area contributed by atoms with E-state index in [2.05, 4.69) is 4.98 Å². The van der Waals surface area contributed by atoms with Crippen molar-refractivity contribution in [1.29, 1.82) is 0 Å². The Morgan fingerprint density at radius 2 is 2.06 bits per heavy atom. The van der Waals surface area contributed by atoms with E-state index in [1.165, 1.54) is 6.07 Å². The van der Waals surface area contributed by atoms with Gasteiger partial charge >= 0.3 is 0 Å². The molecule has 0 spiro atoms. The molecule has 2 N–H and O–H groups in total. The molecule has 82 valence electrons. The predicted molar refractivity (Wildman–Crippen MR) is 62.9 cm³/mol. The highest BCUT2D eigenvalue weighted by Crippen LogP contribution is 2.21. The summed E-state index contributed by atoms with van der Waals surface area (Å²) >= 11 is 5.92. The zero-order valence-electron chi connectivity index (χ0n) is 8.45. The molecule has 0 unspecified atom stereocenters. The fraction of sp³-hybridized carbons (Fsp3) is 0.0833.